The highest BCUT2D eigenvalue weighted by atomic mass is 19.1. The van der Waals surface area contributed by atoms with Gasteiger partial charge in [0.2, 0.25) is 0 Å². The quantitative estimate of drug-likeness (QED) is 0.123. The number of aliphatic hydroxyl groups is 6. The smallest absolute Gasteiger partial charge is 0.252 e. The Hall–Kier alpha value is -1.12. The van der Waals surface area contributed by atoms with Crippen LogP contribution >= 0.6 is 0 Å². The maximum absolute atomic E-state index is 13.6. The molecule has 1 saturated carbocycles. The summed E-state index contributed by atoms with van der Waals surface area (Å²) < 4.78 is 36.2. The molecule has 0 aromatic carbocycles. The van der Waals surface area contributed by atoms with Gasteiger partial charge in [-0.2, -0.15) is 0 Å². The van der Waals surface area contributed by atoms with E-state index in [0.717, 1.165) is 0 Å². The maximum Gasteiger partial charge on any atom is 0.252 e. The van der Waals surface area contributed by atoms with Crippen LogP contribution in [0.15, 0.2) is 0 Å². The van der Waals surface area contributed by atoms with E-state index in [9.17, 15) is 39.8 Å². The third-order valence-electron chi connectivity index (χ3n) is 6.91. The highest BCUT2D eigenvalue weighted by Gasteiger charge is 2.50. The Balaban J connectivity index is 1.63. The van der Waals surface area contributed by atoms with Crippen LogP contribution in [0.25, 0.3) is 0 Å². The number of nitrogens with two attached hydrogens (primary N) is 3. The van der Waals surface area contributed by atoms with Gasteiger partial charge in [-0.15, -0.1) is 0 Å². The van der Waals surface area contributed by atoms with Crippen molar-refractivity contribution in [3.05, 3.63) is 0 Å². The first kappa shape index (κ1) is 30.4. The Bertz CT molecular complexity index is 745. The van der Waals surface area contributed by atoms with Crippen molar-refractivity contribution in [1.82, 2.24) is 5.32 Å². The Morgan fingerprint density at radius 1 is 1.03 bits per heavy atom. The van der Waals surface area contributed by atoms with Crippen molar-refractivity contribution < 1.29 is 58.8 Å². The van der Waals surface area contributed by atoms with Gasteiger partial charge in [0.25, 0.3) is 5.91 Å². The summed E-state index contributed by atoms with van der Waals surface area (Å²) in [6.45, 7) is -1.24. The number of carbonyl (C=O) groups excluding carboxylic acids is 1. The molecule has 2 heterocycles. The molecular weight excluding hydrogens is 503 g/mol. The lowest BCUT2D eigenvalue weighted by Gasteiger charge is -2.39. The van der Waals surface area contributed by atoms with Gasteiger partial charge >= 0.3 is 0 Å². The molecule has 14 atom stereocenters. The number of alkyl halides is 1. The van der Waals surface area contributed by atoms with Crippen molar-refractivity contribution in [1.29, 1.82) is 0 Å². The van der Waals surface area contributed by atoms with E-state index in [4.69, 9.17) is 36.1 Å². The Kier molecular flexibility index (Phi) is 10.9. The molecule has 0 radical (unpaired) electrons. The van der Waals surface area contributed by atoms with Gasteiger partial charge in [-0.25, -0.2) is 4.39 Å². The van der Waals surface area contributed by atoms with E-state index in [-0.39, 0.29) is 25.8 Å². The second kappa shape index (κ2) is 13.3. The number of nitrogens with one attached hydrogen (secondary N) is 1. The van der Waals surface area contributed by atoms with Crippen LogP contribution in [0.5, 0.6) is 0 Å². The van der Waals surface area contributed by atoms with Gasteiger partial charge in [-0.3, -0.25) is 4.79 Å². The monoisotopic (exact) mass is 542 g/mol. The SMILES string of the molecule is NC[C@@H](F)[C@H](O)C(=O)N[C@@H]1C[C@H](N)C[C@H](O[C@@H]2O[C@H](CO)[C@@H](O[C@@H]3C[C@@H](O)[C@H](O)[C@H](CN)O3)[C@H]2O)[C@H]1O. The summed E-state index contributed by atoms with van der Waals surface area (Å²) in [5.41, 5.74) is 16.7. The molecule has 3 rings (SSSR count). The van der Waals surface area contributed by atoms with E-state index in [1.165, 1.54) is 0 Å². The first-order valence-corrected chi connectivity index (χ1v) is 12.2. The van der Waals surface area contributed by atoms with E-state index >= 15 is 0 Å². The van der Waals surface area contributed by atoms with Gasteiger partial charge in [-0.1, -0.05) is 0 Å². The molecule has 216 valence electrons. The van der Waals surface area contributed by atoms with Crippen LogP contribution in [-0.4, -0.2) is 142 Å². The standard InChI is InChI=1S/C21H39FN4O11/c22-8(4-23)15(29)20(33)26-9-1-7(25)2-11(16(9)30)35-21-18(32)19(13(6-27)36-21)37-14-3-10(28)17(31)12(5-24)34-14/h7-19,21,27-32H,1-6,23-25H2,(H,26,33)/t7-,8+,9+,10+,11-,12-,13+,14+,15-,16-,17-,18+,19+,21+/m0/s1. The largest absolute Gasteiger partial charge is 0.394 e. The molecule has 3 fully saturated rings. The summed E-state index contributed by atoms with van der Waals surface area (Å²) in [7, 11) is 0. The predicted octanol–water partition coefficient (Wildman–Crippen LogP) is -5.75. The van der Waals surface area contributed by atoms with Crippen molar-refractivity contribution >= 4 is 5.91 Å². The maximum atomic E-state index is 13.6. The molecule has 2 aliphatic heterocycles. The summed E-state index contributed by atoms with van der Waals surface area (Å²) >= 11 is 0. The lowest BCUT2D eigenvalue weighted by molar-refractivity contribution is -0.272. The molecule has 2 saturated heterocycles. The lowest BCUT2D eigenvalue weighted by Crippen LogP contribution is -2.59. The van der Waals surface area contributed by atoms with Crippen LogP contribution in [0.1, 0.15) is 19.3 Å². The number of amides is 1. The third kappa shape index (κ3) is 7.10. The molecule has 1 amide bonds. The molecule has 0 aromatic rings. The van der Waals surface area contributed by atoms with E-state index < -0.39 is 105 Å². The fourth-order valence-electron chi connectivity index (χ4n) is 4.78. The molecule has 37 heavy (non-hydrogen) atoms. The topological polar surface area (TPSA) is 265 Å². The first-order chi connectivity index (χ1) is 17.5. The highest BCUT2D eigenvalue weighted by Crippen LogP contribution is 2.32. The first-order valence-electron chi connectivity index (χ1n) is 12.2. The molecule has 16 heteroatoms. The van der Waals surface area contributed by atoms with Crippen LogP contribution < -0.4 is 22.5 Å². The minimum Gasteiger partial charge on any atom is -0.394 e. The van der Waals surface area contributed by atoms with Crippen molar-refractivity contribution in [2.24, 2.45) is 17.2 Å². The number of rotatable bonds is 10. The van der Waals surface area contributed by atoms with Crippen molar-refractivity contribution in [3.63, 3.8) is 0 Å². The number of halogens is 1. The van der Waals surface area contributed by atoms with Gasteiger partial charge < -0.3 is 72.1 Å². The molecule has 13 N–H and O–H groups in total. The molecule has 0 spiro atoms. The summed E-state index contributed by atoms with van der Waals surface area (Å²) in [5.74, 6) is -1.07. The zero-order valence-corrected chi connectivity index (χ0v) is 20.2. The highest BCUT2D eigenvalue weighted by molar-refractivity contribution is 5.81. The van der Waals surface area contributed by atoms with E-state index in [2.05, 4.69) is 5.32 Å². The number of aliphatic hydroxyl groups excluding tert-OH is 6. The van der Waals surface area contributed by atoms with Crippen molar-refractivity contribution in [3.8, 4) is 0 Å². The normalized spacial score (nSPS) is 44.4. The minimum atomic E-state index is -2.03. The van der Waals surface area contributed by atoms with E-state index in [0.29, 0.717) is 0 Å². The van der Waals surface area contributed by atoms with E-state index in [1.807, 2.05) is 0 Å². The molecule has 3 aliphatic rings. The molecule has 1 aliphatic carbocycles. The van der Waals surface area contributed by atoms with Crippen LogP contribution in [-0.2, 0) is 23.7 Å². The van der Waals surface area contributed by atoms with Gasteiger partial charge in [0, 0.05) is 25.6 Å². The Morgan fingerprint density at radius 2 is 1.73 bits per heavy atom. The molecule has 15 nitrogen and oxygen atoms in total. The molecule has 0 unspecified atom stereocenters. The van der Waals surface area contributed by atoms with Crippen molar-refractivity contribution in [2.45, 2.75) is 105 Å². The fourth-order valence-corrected chi connectivity index (χ4v) is 4.78. The van der Waals surface area contributed by atoms with Crippen LogP contribution in [0.3, 0.4) is 0 Å². The van der Waals surface area contributed by atoms with Gasteiger partial charge in [0.15, 0.2) is 18.7 Å². The summed E-state index contributed by atoms with van der Waals surface area (Å²) in [6.07, 6.45) is -15.8. The van der Waals surface area contributed by atoms with Gasteiger partial charge in [-0.05, 0) is 12.8 Å². The van der Waals surface area contributed by atoms with Crippen LogP contribution in [0.4, 0.5) is 4.39 Å². The van der Waals surface area contributed by atoms with Gasteiger partial charge in [0.05, 0.1) is 24.9 Å². The average Bonchev–Trinajstić information content (AvgIpc) is 3.16. The summed E-state index contributed by atoms with van der Waals surface area (Å²) in [6, 6.07) is -1.57. The second-order valence-corrected chi connectivity index (χ2v) is 9.66. The predicted molar refractivity (Wildman–Crippen MR) is 121 cm³/mol. The van der Waals surface area contributed by atoms with E-state index in [1.54, 1.807) is 0 Å². The van der Waals surface area contributed by atoms with Crippen LogP contribution in [0, 0.1) is 0 Å². The molecular formula is C21H39FN4O11. The van der Waals surface area contributed by atoms with Gasteiger partial charge in [0.1, 0.15) is 42.8 Å². The molecule has 0 aromatic heterocycles. The van der Waals surface area contributed by atoms with Crippen LogP contribution in [0.2, 0.25) is 0 Å². The Labute approximate surface area is 212 Å². The number of hydrogen-bond donors (Lipinski definition) is 10. The summed E-state index contributed by atoms with van der Waals surface area (Å²) in [5, 5.41) is 63.4. The zero-order valence-electron chi connectivity index (χ0n) is 20.2. The zero-order chi connectivity index (χ0) is 27.4. The number of ether oxygens (including phenoxy) is 4. The Morgan fingerprint density at radius 3 is 2.35 bits per heavy atom. The second-order valence-electron chi connectivity index (χ2n) is 9.66. The number of hydrogen-bond acceptors (Lipinski definition) is 14. The lowest BCUT2D eigenvalue weighted by atomic mass is 9.86. The van der Waals surface area contributed by atoms with Crippen molar-refractivity contribution in [2.75, 3.05) is 19.7 Å². The molecule has 0 bridgehead atoms. The average molecular weight is 543 g/mol. The third-order valence-corrected chi connectivity index (χ3v) is 6.91. The minimum absolute atomic E-state index is 0.0935. The fraction of sp³-hybridized carbons (Fsp3) is 0.952. The number of carbonyl (C=O) groups is 1. The summed E-state index contributed by atoms with van der Waals surface area (Å²) in [4.78, 5) is 12.2.